The maximum Gasteiger partial charge on any atom is 0.230 e. The van der Waals surface area contributed by atoms with E-state index < -0.39 is 11.6 Å². The molecular weight excluding hydrogens is 296 g/mol. The molecule has 7 heteroatoms. The summed E-state index contributed by atoms with van der Waals surface area (Å²) in [5.41, 5.74) is 0.0949. The third kappa shape index (κ3) is 3.03. The van der Waals surface area contributed by atoms with Crippen molar-refractivity contribution in [2.45, 2.75) is 12.8 Å². The van der Waals surface area contributed by atoms with E-state index in [9.17, 15) is 13.6 Å². The first-order valence-electron chi connectivity index (χ1n) is 6.78. The van der Waals surface area contributed by atoms with Crippen molar-refractivity contribution in [2.75, 3.05) is 25.5 Å². The van der Waals surface area contributed by atoms with Crippen molar-refractivity contribution in [3.63, 3.8) is 0 Å². The monoisotopic (exact) mass is 311 g/mol. The van der Waals surface area contributed by atoms with Gasteiger partial charge in [-0.2, -0.15) is 0 Å². The summed E-state index contributed by atoms with van der Waals surface area (Å²) in [6.07, 6.45) is 1.82. The predicted molar refractivity (Wildman–Crippen MR) is 78.4 cm³/mol. The van der Waals surface area contributed by atoms with Crippen molar-refractivity contribution in [3.05, 3.63) is 23.8 Å². The highest BCUT2D eigenvalue weighted by atomic mass is 32.1. The fourth-order valence-corrected chi connectivity index (χ4v) is 3.51. The van der Waals surface area contributed by atoms with Gasteiger partial charge in [-0.1, -0.05) is 11.3 Å². The van der Waals surface area contributed by atoms with Crippen molar-refractivity contribution in [1.82, 2.24) is 9.88 Å². The van der Waals surface area contributed by atoms with E-state index in [0.717, 1.165) is 36.8 Å². The second-order valence-corrected chi connectivity index (χ2v) is 6.37. The van der Waals surface area contributed by atoms with E-state index in [1.807, 2.05) is 7.05 Å². The molecular formula is C14H15F2N3OS. The van der Waals surface area contributed by atoms with Gasteiger partial charge in [0, 0.05) is 12.6 Å². The number of benzene rings is 1. The second kappa shape index (κ2) is 5.65. The average molecular weight is 311 g/mol. The van der Waals surface area contributed by atoms with Crippen LogP contribution in [0.15, 0.2) is 12.1 Å². The normalized spacial score (nSPS) is 19.9. The molecule has 1 fully saturated rings. The van der Waals surface area contributed by atoms with Crippen LogP contribution in [-0.2, 0) is 4.79 Å². The number of anilines is 1. The molecule has 0 aliphatic carbocycles. The Kier molecular flexibility index (Phi) is 3.86. The van der Waals surface area contributed by atoms with Gasteiger partial charge >= 0.3 is 0 Å². The second-order valence-electron chi connectivity index (χ2n) is 5.34. The smallest absolute Gasteiger partial charge is 0.230 e. The van der Waals surface area contributed by atoms with Crippen LogP contribution in [0.2, 0.25) is 0 Å². The van der Waals surface area contributed by atoms with E-state index >= 15 is 0 Å². The minimum absolute atomic E-state index is 0.0858. The van der Waals surface area contributed by atoms with Crippen LogP contribution in [0.4, 0.5) is 13.9 Å². The molecule has 1 aliphatic rings. The molecule has 0 spiro atoms. The first kappa shape index (κ1) is 14.3. The third-order valence-corrected chi connectivity index (χ3v) is 4.56. The highest BCUT2D eigenvalue weighted by Gasteiger charge is 2.24. The molecule has 1 unspecified atom stereocenters. The number of rotatable bonds is 2. The summed E-state index contributed by atoms with van der Waals surface area (Å²) >= 11 is 1.08. The SMILES string of the molecule is CN1CCCC(C(=O)Nc2nc3c(F)cc(F)cc3s2)C1. The summed E-state index contributed by atoms with van der Waals surface area (Å²) in [4.78, 5) is 18.4. The molecule has 1 atom stereocenters. The van der Waals surface area contributed by atoms with Gasteiger partial charge in [-0.15, -0.1) is 0 Å². The number of carbonyl (C=O) groups is 1. The van der Waals surface area contributed by atoms with E-state index in [1.54, 1.807) is 0 Å². The lowest BCUT2D eigenvalue weighted by Crippen LogP contribution is -2.38. The molecule has 1 N–H and O–H groups in total. The number of nitrogens with one attached hydrogen (secondary N) is 1. The lowest BCUT2D eigenvalue weighted by Gasteiger charge is -2.28. The molecule has 1 saturated heterocycles. The third-order valence-electron chi connectivity index (χ3n) is 3.64. The van der Waals surface area contributed by atoms with E-state index in [4.69, 9.17) is 0 Å². The number of nitrogens with zero attached hydrogens (tertiary/aromatic N) is 2. The molecule has 2 heterocycles. The van der Waals surface area contributed by atoms with Crippen LogP contribution in [-0.4, -0.2) is 35.9 Å². The largest absolute Gasteiger partial charge is 0.306 e. The number of piperidine rings is 1. The van der Waals surface area contributed by atoms with Crippen molar-refractivity contribution >= 4 is 32.6 Å². The number of halogens is 2. The minimum Gasteiger partial charge on any atom is -0.306 e. The summed E-state index contributed by atoms with van der Waals surface area (Å²) in [6, 6.07) is 2.02. The van der Waals surface area contributed by atoms with Gasteiger partial charge < -0.3 is 10.2 Å². The van der Waals surface area contributed by atoms with E-state index in [2.05, 4.69) is 15.2 Å². The molecule has 21 heavy (non-hydrogen) atoms. The molecule has 3 rings (SSSR count). The van der Waals surface area contributed by atoms with Gasteiger partial charge in [-0.3, -0.25) is 4.79 Å². The Balaban J connectivity index is 1.78. The zero-order valence-electron chi connectivity index (χ0n) is 11.5. The number of aromatic nitrogens is 1. The summed E-state index contributed by atoms with van der Waals surface area (Å²) < 4.78 is 27.1. The van der Waals surface area contributed by atoms with E-state index in [-0.39, 0.29) is 17.3 Å². The summed E-state index contributed by atoms with van der Waals surface area (Å²) in [5, 5.41) is 3.03. The fourth-order valence-electron chi connectivity index (χ4n) is 2.60. The molecule has 1 aromatic carbocycles. The summed E-state index contributed by atoms with van der Waals surface area (Å²) in [5.74, 6) is -1.55. The lowest BCUT2D eigenvalue weighted by molar-refractivity contribution is -0.121. The van der Waals surface area contributed by atoms with Crippen molar-refractivity contribution < 1.29 is 13.6 Å². The predicted octanol–water partition coefficient (Wildman–Crippen LogP) is 2.85. The van der Waals surface area contributed by atoms with Crippen molar-refractivity contribution in [3.8, 4) is 0 Å². The molecule has 0 radical (unpaired) electrons. The van der Waals surface area contributed by atoms with Crippen LogP contribution in [0.1, 0.15) is 12.8 Å². The maximum absolute atomic E-state index is 13.6. The molecule has 112 valence electrons. The van der Waals surface area contributed by atoms with Gasteiger partial charge in [0.25, 0.3) is 0 Å². The Morgan fingerprint density at radius 3 is 3.05 bits per heavy atom. The van der Waals surface area contributed by atoms with Crippen LogP contribution in [0.5, 0.6) is 0 Å². The van der Waals surface area contributed by atoms with Crippen molar-refractivity contribution in [1.29, 1.82) is 0 Å². The van der Waals surface area contributed by atoms with Crippen LogP contribution >= 0.6 is 11.3 Å². The number of hydrogen-bond acceptors (Lipinski definition) is 4. The molecule has 1 aromatic heterocycles. The van der Waals surface area contributed by atoms with Crippen LogP contribution in [0.3, 0.4) is 0 Å². The Hall–Kier alpha value is -1.60. The molecule has 0 saturated carbocycles. The highest BCUT2D eigenvalue weighted by molar-refractivity contribution is 7.22. The maximum atomic E-state index is 13.6. The molecule has 4 nitrogen and oxygen atoms in total. The minimum atomic E-state index is -0.709. The number of fused-ring (bicyclic) bond motifs is 1. The first-order valence-corrected chi connectivity index (χ1v) is 7.59. The van der Waals surface area contributed by atoms with Gasteiger partial charge in [0.2, 0.25) is 5.91 Å². The Labute approximate surface area is 124 Å². The number of hydrogen-bond donors (Lipinski definition) is 1. The van der Waals surface area contributed by atoms with E-state index in [0.29, 0.717) is 16.4 Å². The highest BCUT2D eigenvalue weighted by Crippen LogP contribution is 2.29. The fraction of sp³-hybridized carbons (Fsp3) is 0.429. The zero-order valence-corrected chi connectivity index (χ0v) is 12.3. The van der Waals surface area contributed by atoms with Crippen LogP contribution in [0, 0.1) is 17.6 Å². The van der Waals surface area contributed by atoms with Crippen LogP contribution in [0.25, 0.3) is 10.2 Å². The standard InChI is InChI=1S/C14H15F2N3OS/c1-19-4-2-3-8(7-19)13(20)18-14-17-12-10(16)5-9(15)6-11(12)21-14/h5-6,8H,2-4,7H2,1H3,(H,17,18,20). The molecule has 1 aliphatic heterocycles. The first-order chi connectivity index (χ1) is 10.0. The Morgan fingerprint density at radius 2 is 2.29 bits per heavy atom. The van der Waals surface area contributed by atoms with Crippen LogP contribution < -0.4 is 5.32 Å². The van der Waals surface area contributed by atoms with E-state index in [1.165, 1.54) is 6.07 Å². The number of amides is 1. The average Bonchev–Trinajstić information content (AvgIpc) is 2.81. The number of carbonyl (C=O) groups excluding carboxylic acids is 1. The van der Waals surface area contributed by atoms with Gasteiger partial charge in [0.1, 0.15) is 11.3 Å². The lowest BCUT2D eigenvalue weighted by atomic mass is 9.98. The van der Waals surface area contributed by atoms with Crippen molar-refractivity contribution in [2.24, 2.45) is 5.92 Å². The zero-order chi connectivity index (χ0) is 15.0. The van der Waals surface area contributed by atoms with Gasteiger partial charge in [-0.05, 0) is 32.5 Å². The van der Waals surface area contributed by atoms with Gasteiger partial charge in [0.15, 0.2) is 10.9 Å². The summed E-state index contributed by atoms with van der Waals surface area (Å²) in [6.45, 7) is 1.70. The summed E-state index contributed by atoms with van der Waals surface area (Å²) in [7, 11) is 1.98. The van der Waals surface area contributed by atoms with Gasteiger partial charge in [0.05, 0.1) is 10.6 Å². The molecule has 0 bridgehead atoms. The Morgan fingerprint density at radius 1 is 1.48 bits per heavy atom. The Bertz CT molecular complexity index is 688. The molecule has 1 amide bonds. The van der Waals surface area contributed by atoms with Gasteiger partial charge in [-0.25, -0.2) is 13.8 Å². The quantitative estimate of drug-likeness (QED) is 0.927. The number of likely N-dealkylation sites (tertiary alicyclic amines) is 1. The molecule has 2 aromatic rings. The topological polar surface area (TPSA) is 45.2 Å². The number of thiazole rings is 1.